The second-order valence-electron chi connectivity index (χ2n) is 6.37. The lowest BCUT2D eigenvalue weighted by molar-refractivity contribution is 0.589. The van der Waals surface area contributed by atoms with Crippen molar-refractivity contribution in [2.45, 2.75) is 60.0 Å². The maximum atomic E-state index is 4.86. The molecule has 0 radical (unpaired) electrons. The van der Waals surface area contributed by atoms with Crippen LogP contribution in [0.4, 0.5) is 0 Å². The molecule has 2 heteroatoms. The van der Waals surface area contributed by atoms with E-state index in [2.05, 4.69) is 65.1 Å². The van der Waals surface area contributed by atoms with Gasteiger partial charge in [0.05, 0.1) is 5.52 Å². The lowest BCUT2D eigenvalue weighted by atomic mass is 9.98. The molecule has 0 atom stereocenters. The van der Waals surface area contributed by atoms with Crippen LogP contribution in [-0.4, -0.2) is 11.0 Å². The Morgan fingerprint density at radius 2 is 1.75 bits per heavy atom. The third-order valence-corrected chi connectivity index (χ3v) is 3.64. The van der Waals surface area contributed by atoms with Crippen LogP contribution in [0.1, 0.15) is 56.0 Å². The van der Waals surface area contributed by atoms with Crippen molar-refractivity contribution < 1.29 is 0 Å². The van der Waals surface area contributed by atoms with E-state index in [-0.39, 0.29) is 0 Å². The first-order chi connectivity index (χ1) is 9.38. The van der Waals surface area contributed by atoms with Crippen molar-refractivity contribution in [2.24, 2.45) is 0 Å². The van der Waals surface area contributed by atoms with Crippen LogP contribution >= 0.6 is 0 Å². The molecule has 0 aliphatic rings. The van der Waals surface area contributed by atoms with Crippen LogP contribution < -0.4 is 5.32 Å². The number of hydrogen-bond donors (Lipinski definition) is 1. The number of fused-ring (bicyclic) bond motifs is 1. The minimum absolute atomic E-state index is 0.456. The van der Waals surface area contributed by atoms with Gasteiger partial charge >= 0.3 is 0 Å². The molecule has 1 heterocycles. The van der Waals surface area contributed by atoms with Crippen LogP contribution in [0.15, 0.2) is 18.2 Å². The molecule has 2 aromatic rings. The van der Waals surface area contributed by atoms with Crippen LogP contribution in [0.3, 0.4) is 0 Å². The molecule has 0 aliphatic carbocycles. The van der Waals surface area contributed by atoms with E-state index in [1.807, 2.05) is 0 Å². The predicted molar refractivity (Wildman–Crippen MR) is 87.3 cm³/mol. The molecule has 0 saturated carbocycles. The summed E-state index contributed by atoms with van der Waals surface area (Å²) in [5.41, 5.74) is 6.29. The molecule has 108 valence electrons. The second kappa shape index (κ2) is 5.92. The third kappa shape index (κ3) is 3.18. The Balaban J connectivity index is 2.61. The van der Waals surface area contributed by atoms with Gasteiger partial charge in [0.25, 0.3) is 0 Å². The fraction of sp³-hybridized carbons (Fsp3) is 0.500. The van der Waals surface area contributed by atoms with Gasteiger partial charge in [-0.2, -0.15) is 0 Å². The number of aromatic nitrogens is 1. The van der Waals surface area contributed by atoms with E-state index in [0.29, 0.717) is 12.0 Å². The molecule has 0 fully saturated rings. The molecular formula is C18H26N2. The van der Waals surface area contributed by atoms with Gasteiger partial charge in [0.15, 0.2) is 0 Å². The summed E-state index contributed by atoms with van der Waals surface area (Å²) in [6, 6.07) is 7.21. The van der Waals surface area contributed by atoms with Crippen LogP contribution in [0.25, 0.3) is 10.9 Å². The molecule has 0 unspecified atom stereocenters. The summed E-state index contributed by atoms with van der Waals surface area (Å²) >= 11 is 0. The summed E-state index contributed by atoms with van der Waals surface area (Å²) in [7, 11) is 0. The molecule has 0 spiro atoms. The smallest absolute Gasteiger partial charge is 0.0713 e. The van der Waals surface area contributed by atoms with Gasteiger partial charge in [0.2, 0.25) is 0 Å². The van der Waals surface area contributed by atoms with E-state index in [1.54, 1.807) is 0 Å². The molecule has 1 N–H and O–H groups in total. The van der Waals surface area contributed by atoms with Gasteiger partial charge in [0.1, 0.15) is 0 Å². The standard InChI is InChI=1S/C18H26N2/c1-11(2)16-9-15(10-19-12(3)4)18-14(6)7-13(5)8-17(18)20-16/h7-9,11-12,19H,10H2,1-6H3. The first kappa shape index (κ1) is 15.0. The van der Waals surface area contributed by atoms with Gasteiger partial charge in [-0.05, 0) is 48.6 Å². The lowest BCUT2D eigenvalue weighted by Gasteiger charge is -2.16. The highest BCUT2D eigenvalue weighted by molar-refractivity contribution is 5.86. The number of benzene rings is 1. The van der Waals surface area contributed by atoms with Crippen molar-refractivity contribution in [3.63, 3.8) is 0 Å². The summed E-state index contributed by atoms with van der Waals surface area (Å²) in [5.74, 6) is 0.456. The minimum Gasteiger partial charge on any atom is -0.310 e. The zero-order valence-electron chi connectivity index (χ0n) is 13.5. The molecule has 1 aromatic carbocycles. The zero-order valence-corrected chi connectivity index (χ0v) is 13.5. The molecule has 0 saturated heterocycles. The van der Waals surface area contributed by atoms with E-state index < -0.39 is 0 Å². The molecule has 0 amide bonds. The van der Waals surface area contributed by atoms with E-state index in [1.165, 1.54) is 27.8 Å². The van der Waals surface area contributed by atoms with Crippen LogP contribution in [-0.2, 0) is 6.54 Å². The monoisotopic (exact) mass is 270 g/mol. The third-order valence-electron chi connectivity index (χ3n) is 3.64. The van der Waals surface area contributed by atoms with Gasteiger partial charge in [-0.3, -0.25) is 4.98 Å². The van der Waals surface area contributed by atoms with Crippen LogP contribution in [0.2, 0.25) is 0 Å². The highest BCUT2D eigenvalue weighted by Crippen LogP contribution is 2.26. The Hall–Kier alpha value is -1.41. The first-order valence-electron chi connectivity index (χ1n) is 7.52. The number of hydrogen-bond acceptors (Lipinski definition) is 2. The molecule has 0 bridgehead atoms. The Kier molecular flexibility index (Phi) is 4.44. The molecule has 2 rings (SSSR count). The number of nitrogens with one attached hydrogen (secondary N) is 1. The van der Waals surface area contributed by atoms with E-state index in [0.717, 1.165) is 12.1 Å². The normalized spacial score (nSPS) is 11.8. The predicted octanol–water partition coefficient (Wildman–Crippen LogP) is 4.47. The quantitative estimate of drug-likeness (QED) is 0.886. The average molecular weight is 270 g/mol. The summed E-state index contributed by atoms with van der Waals surface area (Å²) in [6.45, 7) is 14.0. The number of nitrogens with zero attached hydrogens (tertiary/aromatic N) is 1. The Bertz CT molecular complexity index is 612. The molecular weight excluding hydrogens is 244 g/mol. The number of rotatable bonds is 4. The Morgan fingerprint density at radius 3 is 2.35 bits per heavy atom. The first-order valence-corrected chi connectivity index (χ1v) is 7.52. The molecule has 20 heavy (non-hydrogen) atoms. The van der Waals surface area contributed by atoms with Gasteiger partial charge in [-0.1, -0.05) is 33.8 Å². The van der Waals surface area contributed by atoms with Gasteiger partial charge in [-0.15, -0.1) is 0 Å². The molecule has 1 aromatic heterocycles. The van der Waals surface area contributed by atoms with Crippen molar-refractivity contribution in [2.75, 3.05) is 0 Å². The maximum absolute atomic E-state index is 4.86. The largest absolute Gasteiger partial charge is 0.310 e. The Morgan fingerprint density at radius 1 is 1.05 bits per heavy atom. The summed E-state index contributed by atoms with van der Waals surface area (Å²) in [5, 5.41) is 4.85. The fourth-order valence-electron chi connectivity index (χ4n) is 2.62. The molecule has 0 aliphatic heterocycles. The van der Waals surface area contributed by atoms with E-state index >= 15 is 0 Å². The van der Waals surface area contributed by atoms with Crippen molar-refractivity contribution in [3.05, 3.63) is 40.6 Å². The minimum atomic E-state index is 0.456. The number of pyridine rings is 1. The van der Waals surface area contributed by atoms with Crippen molar-refractivity contribution in [3.8, 4) is 0 Å². The van der Waals surface area contributed by atoms with Crippen LogP contribution in [0.5, 0.6) is 0 Å². The van der Waals surface area contributed by atoms with Crippen molar-refractivity contribution in [1.82, 2.24) is 10.3 Å². The van der Waals surface area contributed by atoms with Crippen molar-refractivity contribution in [1.29, 1.82) is 0 Å². The van der Waals surface area contributed by atoms with Gasteiger partial charge in [-0.25, -0.2) is 0 Å². The summed E-state index contributed by atoms with van der Waals surface area (Å²) in [4.78, 5) is 4.86. The summed E-state index contributed by atoms with van der Waals surface area (Å²) in [6.07, 6.45) is 0. The molecule has 2 nitrogen and oxygen atoms in total. The summed E-state index contributed by atoms with van der Waals surface area (Å²) < 4.78 is 0. The Labute approximate surface area is 122 Å². The van der Waals surface area contributed by atoms with E-state index in [4.69, 9.17) is 4.98 Å². The number of aryl methyl sites for hydroxylation is 2. The second-order valence-corrected chi connectivity index (χ2v) is 6.37. The fourth-order valence-corrected chi connectivity index (χ4v) is 2.62. The average Bonchev–Trinajstić information content (AvgIpc) is 2.34. The van der Waals surface area contributed by atoms with Crippen LogP contribution in [0, 0.1) is 13.8 Å². The maximum Gasteiger partial charge on any atom is 0.0713 e. The zero-order chi connectivity index (χ0) is 14.9. The lowest BCUT2D eigenvalue weighted by Crippen LogP contribution is -2.22. The van der Waals surface area contributed by atoms with E-state index in [9.17, 15) is 0 Å². The highest BCUT2D eigenvalue weighted by Gasteiger charge is 2.11. The van der Waals surface area contributed by atoms with Gasteiger partial charge < -0.3 is 5.32 Å². The highest BCUT2D eigenvalue weighted by atomic mass is 14.9. The van der Waals surface area contributed by atoms with Crippen molar-refractivity contribution >= 4 is 10.9 Å². The van der Waals surface area contributed by atoms with Gasteiger partial charge in [0, 0.05) is 23.7 Å². The SMILES string of the molecule is Cc1cc(C)c2c(CNC(C)C)cc(C(C)C)nc2c1. The topological polar surface area (TPSA) is 24.9 Å².